The lowest BCUT2D eigenvalue weighted by Gasteiger charge is -2.11. The lowest BCUT2D eigenvalue weighted by Crippen LogP contribution is -2.17. The molecule has 0 unspecified atom stereocenters. The summed E-state index contributed by atoms with van der Waals surface area (Å²) in [5.74, 6) is 3.04. The van der Waals surface area contributed by atoms with Crippen LogP contribution in [0.5, 0.6) is 5.88 Å². The third kappa shape index (κ3) is 3.57. The highest BCUT2D eigenvalue weighted by Gasteiger charge is 2.17. The van der Waals surface area contributed by atoms with Crippen molar-refractivity contribution in [1.82, 2.24) is 9.97 Å². The van der Waals surface area contributed by atoms with Crippen LogP contribution in [0.4, 0.5) is 5.82 Å². The van der Waals surface area contributed by atoms with Gasteiger partial charge in [0.1, 0.15) is 11.9 Å². The van der Waals surface area contributed by atoms with Gasteiger partial charge in [0.2, 0.25) is 5.88 Å². The Balaban J connectivity index is 1.64. The van der Waals surface area contributed by atoms with Gasteiger partial charge in [-0.1, -0.05) is 6.07 Å². The van der Waals surface area contributed by atoms with Gasteiger partial charge in [-0.15, -0.1) is 0 Å². The average Bonchev–Trinajstić information content (AvgIpc) is 3.03. The predicted molar refractivity (Wildman–Crippen MR) is 87.5 cm³/mol. The normalized spacial score (nSPS) is 17.2. The van der Waals surface area contributed by atoms with E-state index in [1.807, 2.05) is 30.8 Å². The van der Waals surface area contributed by atoms with Gasteiger partial charge in [0.05, 0.1) is 5.56 Å². The lowest BCUT2D eigenvalue weighted by molar-refractivity contribution is 0.102. The fourth-order valence-electron chi connectivity index (χ4n) is 2.16. The molecule has 6 heteroatoms. The highest BCUT2D eigenvalue weighted by atomic mass is 32.2. The van der Waals surface area contributed by atoms with Crippen molar-refractivity contribution in [3.05, 3.63) is 47.8 Å². The Morgan fingerprint density at radius 2 is 2.27 bits per heavy atom. The van der Waals surface area contributed by atoms with Crippen molar-refractivity contribution in [1.29, 1.82) is 0 Å². The van der Waals surface area contributed by atoms with E-state index in [-0.39, 0.29) is 12.0 Å². The number of ether oxygens (including phenoxy) is 1. The van der Waals surface area contributed by atoms with Crippen LogP contribution in [0.3, 0.4) is 0 Å². The van der Waals surface area contributed by atoms with E-state index >= 15 is 0 Å². The lowest BCUT2D eigenvalue weighted by atomic mass is 10.2. The van der Waals surface area contributed by atoms with E-state index in [9.17, 15) is 4.79 Å². The topological polar surface area (TPSA) is 64.1 Å². The fourth-order valence-corrected chi connectivity index (χ4v) is 3.25. The van der Waals surface area contributed by atoms with Gasteiger partial charge in [-0.25, -0.2) is 9.97 Å². The third-order valence-corrected chi connectivity index (χ3v) is 4.55. The van der Waals surface area contributed by atoms with Crippen LogP contribution in [-0.4, -0.2) is 33.5 Å². The summed E-state index contributed by atoms with van der Waals surface area (Å²) in [7, 11) is 0. The second kappa shape index (κ2) is 6.79. The first-order chi connectivity index (χ1) is 10.7. The summed E-state index contributed by atoms with van der Waals surface area (Å²) < 4.78 is 5.77. The summed E-state index contributed by atoms with van der Waals surface area (Å²) in [4.78, 5) is 20.6. The molecule has 1 atom stereocenters. The van der Waals surface area contributed by atoms with Crippen molar-refractivity contribution in [2.75, 3.05) is 16.8 Å². The number of hydrogen-bond donors (Lipinski definition) is 1. The van der Waals surface area contributed by atoms with Gasteiger partial charge < -0.3 is 10.1 Å². The molecule has 0 aromatic carbocycles. The molecule has 114 valence electrons. The zero-order chi connectivity index (χ0) is 15.4. The van der Waals surface area contributed by atoms with Gasteiger partial charge in [0, 0.05) is 24.2 Å². The van der Waals surface area contributed by atoms with Crippen LogP contribution in [0, 0.1) is 6.92 Å². The number of anilines is 1. The zero-order valence-electron chi connectivity index (χ0n) is 12.3. The maximum Gasteiger partial charge on any atom is 0.258 e. The van der Waals surface area contributed by atoms with Crippen LogP contribution < -0.4 is 10.1 Å². The monoisotopic (exact) mass is 315 g/mol. The Morgan fingerprint density at radius 1 is 1.36 bits per heavy atom. The third-order valence-electron chi connectivity index (χ3n) is 3.42. The molecule has 0 radical (unpaired) electrons. The molecule has 3 heterocycles. The maximum atomic E-state index is 12.2. The van der Waals surface area contributed by atoms with E-state index in [0.717, 1.165) is 23.5 Å². The summed E-state index contributed by atoms with van der Waals surface area (Å²) >= 11 is 1.89. The van der Waals surface area contributed by atoms with Gasteiger partial charge in [-0.05, 0) is 36.8 Å². The number of rotatable bonds is 4. The smallest absolute Gasteiger partial charge is 0.258 e. The van der Waals surface area contributed by atoms with Crippen LogP contribution in [0.15, 0.2) is 36.7 Å². The van der Waals surface area contributed by atoms with Crippen molar-refractivity contribution in [3.8, 4) is 5.88 Å². The Labute approximate surface area is 133 Å². The molecule has 2 aromatic rings. The summed E-state index contributed by atoms with van der Waals surface area (Å²) in [6.45, 7) is 1.90. The van der Waals surface area contributed by atoms with Gasteiger partial charge in [0.15, 0.2) is 0 Å². The standard InChI is InChI=1S/C16H17N3O2S/c1-11-3-2-7-17-15(11)19-16(20)12-4-5-14(18-9-12)21-13-6-8-22-10-13/h2-5,7,9,13H,6,8,10H2,1H3,(H,17,19,20)/t13-/m0/s1. The SMILES string of the molecule is Cc1cccnc1NC(=O)c1ccc(O[C@H]2CCSC2)nc1. The number of aromatic nitrogens is 2. The van der Waals surface area contributed by atoms with E-state index in [1.165, 1.54) is 6.20 Å². The van der Waals surface area contributed by atoms with E-state index in [1.54, 1.807) is 18.3 Å². The van der Waals surface area contributed by atoms with Crippen LogP contribution in [0.1, 0.15) is 22.3 Å². The molecule has 0 aliphatic carbocycles. The van der Waals surface area contributed by atoms with Crippen LogP contribution in [0.25, 0.3) is 0 Å². The number of amides is 1. The molecule has 1 N–H and O–H groups in total. The average molecular weight is 315 g/mol. The predicted octanol–water partition coefficient (Wildman–Crippen LogP) is 2.92. The summed E-state index contributed by atoms with van der Waals surface area (Å²) in [5.41, 5.74) is 1.40. The van der Waals surface area contributed by atoms with E-state index in [2.05, 4.69) is 15.3 Å². The van der Waals surface area contributed by atoms with Crippen molar-refractivity contribution in [3.63, 3.8) is 0 Å². The molecular formula is C16H17N3O2S. The minimum absolute atomic E-state index is 0.225. The Morgan fingerprint density at radius 3 is 2.95 bits per heavy atom. The molecule has 1 aliphatic rings. The molecule has 1 saturated heterocycles. The molecule has 5 nitrogen and oxygen atoms in total. The Hall–Kier alpha value is -2.08. The Bertz CT molecular complexity index is 655. The van der Waals surface area contributed by atoms with Crippen LogP contribution in [0.2, 0.25) is 0 Å². The molecule has 0 saturated carbocycles. The number of nitrogens with one attached hydrogen (secondary N) is 1. The highest BCUT2D eigenvalue weighted by molar-refractivity contribution is 7.99. The summed E-state index contributed by atoms with van der Waals surface area (Å²) in [5, 5.41) is 2.78. The summed E-state index contributed by atoms with van der Waals surface area (Å²) in [6.07, 6.45) is 4.46. The van der Waals surface area contributed by atoms with Gasteiger partial charge in [0.25, 0.3) is 5.91 Å². The van der Waals surface area contributed by atoms with Crippen molar-refractivity contribution < 1.29 is 9.53 Å². The van der Waals surface area contributed by atoms with E-state index < -0.39 is 0 Å². The highest BCUT2D eigenvalue weighted by Crippen LogP contribution is 2.22. The van der Waals surface area contributed by atoms with Crippen molar-refractivity contribution >= 4 is 23.5 Å². The Kier molecular flexibility index (Phi) is 4.58. The first-order valence-corrected chi connectivity index (χ1v) is 8.31. The minimum Gasteiger partial charge on any atom is -0.473 e. The van der Waals surface area contributed by atoms with Crippen molar-refractivity contribution in [2.24, 2.45) is 0 Å². The fraction of sp³-hybridized carbons (Fsp3) is 0.312. The molecule has 22 heavy (non-hydrogen) atoms. The zero-order valence-corrected chi connectivity index (χ0v) is 13.1. The molecule has 3 rings (SSSR count). The first-order valence-electron chi connectivity index (χ1n) is 7.16. The largest absolute Gasteiger partial charge is 0.473 e. The maximum absolute atomic E-state index is 12.2. The molecule has 0 bridgehead atoms. The van der Waals surface area contributed by atoms with Gasteiger partial charge in [-0.3, -0.25) is 4.79 Å². The first kappa shape index (κ1) is 14.8. The number of carbonyl (C=O) groups excluding carboxylic acids is 1. The molecule has 2 aromatic heterocycles. The van der Waals surface area contributed by atoms with Crippen LogP contribution in [-0.2, 0) is 0 Å². The summed E-state index contributed by atoms with van der Waals surface area (Å²) in [6, 6.07) is 7.19. The number of carbonyl (C=O) groups is 1. The number of pyridine rings is 2. The van der Waals surface area contributed by atoms with Gasteiger partial charge >= 0.3 is 0 Å². The van der Waals surface area contributed by atoms with E-state index in [0.29, 0.717) is 17.3 Å². The van der Waals surface area contributed by atoms with Crippen LogP contribution >= 0.6 is 11.8 Å². The molecule has 1 aliphatic heterocycles. The number of thioether (sulfide) groups is 1. The molecular weight excluding hydrogens is 298 g/mol. The second-order valence-corrected chi connectivity index (χ2v) is 6.26. The number of hydrogen-bond acceptors (Lipinski definition) is 5. The van der Waals surface area contributed by atoms with E-state index in [4.69, 9.17) is 4.74 Å². The van der Waals surface area contributed by atoms with Crippen molar-refractivity contribution in [2.45, 2.75) is 19.4 Å². The quantitative estimate of drug-likeness (QED) is 0.940. The number of nitrogens with zero attached hydrogens (tertiary/aromatic N) is 2. The second-order valence-electron chi connectivity index (χ2n) is 5.11. The molecule has 1 amide bonds. The molecule has 0 spiro atoms. The number of aryl methyl sites for hydroxylation is 1. The minimum atomic E-state index is -0.225. The van der Waals surface area contributed by atoms with Gasteiger partial charge in [-0.2, -0.15) is 11.8 Å². The molecule has 1 fully saturated rings.